The van der Waals surface area contributed by atoms with Gasteiger partial charge in [-0.1, -0.05) is 20.3 Å². The number of hydrogen-bond donors (Lipinski definition) is 2. The predicted molar refractivity (Wildman–Crippen MR) is 106 cm³/mol. The summed E-state index contributed by atoms with van der Waals surface area (Å²) in [6, 6.07) is 0. The molecule has 0 amide bonds. The molecule has 0 aromatic heterocycles. The second-order valence-corrected chi connectivity index (χ2v) is 10.6. The van der Waals surface area contributed by atoms with Gasteiger partial charge in [-0.25, -0.2) is 0 Å². The van der Waals surface area contributed by atoms with Crippen LogP contribution in [0.5, 0.6) is 0 Å². The molecule has 7 atom stereocenters. The molecule has 4 aliphatic carbocycles. The molecule has 0 bridgehead atoms. The molecular formula is C23H36N2O2. The van der Waals surface area contributed by atoms with E-state index in [9.17, 15) is 4.79 Å². The number of hydrogen-bond acceptors (Lipinski definition) is 4. The molecule has 5 unspecified atom stereocenters. The van der Waals surface area contributed by atoms with Gasteiger partial charge in [0, 0.05) is 23.7 Å². The number of rotatable bonds is 3. The number of fused-ring (bicyclic) bond motifs is 5. The monoisotopic (exact) mass is 372 g/mol. The van der Waals surface area contributed by atoms with E-state index in [0.29, 0.717) is 23.0 Å². The number of carbonyl (C=O) groups excluding carboxylic acids is 1. The third kappa shape index (κ3) is 2.81. The molecule has 0 aromatic carbocycles. The SMILES string of the molecule is C[C@@]12CCCC1C1CCC3CC(NOC4CCNC4)=CC(=O)[C@]3(C)C1CC2. The number of carbonyl (C=O) groups is 1. The highest BCUT2D eigenvalue weighted by atomic mass is 16.7. The molecule has 5 aliphatic rings. The molecule has 1 heterocycles. The van der Waals surface area contributed by atoms with Crippen LogP contribution in [0.2, 0.25) is 0 Å². The van der Waals surface area contributed by atoms with Gasteiger partial charge in [0.25, 0.3) is 0 Å². The molecular weight excluding hydrogens is 336 g/mol. The van der Waals surface area contributed by atoms with E-state index in [-0.39, 0.29) is 11.5 Å². The van der Waals surface area contributed by atoms with E-state index < -0.39 is 0 Å². The van der Waals surface area contributed by atoms with E-state index in [4.69, 9.17) is 4.84 Å². The lowest BCUT2D eigenvalue weighted by Gasteiger charge is -2.58. The van der Waals surface area contributed by atoms with Crippen LogP contribution in [0.15, 0.2) is 11.8 Å². The van der Waals surface area contributed by atoms with E-state index in [2.05, 4.69) is 24.6 Å². The molecule has 4 fully saturated rings. The predicted octanol–water partition coefficient (Wildman–Crippen LogP) is 3.98. The Hall–Kier alpha value is -0.870. The van der Waals surface area contributed by atoms with Gasteiger partial charge in [0.05, 0.1) is 6.10 Å². The maximum atomic E-state index is 13.4. The summed E-state index contributed by atoms with van der Waals surface area (Å²) in [5.41, 5.74) is 4.59. The van der Waals surface area contributed by atoms with Gasteiger partial charge < -0.3 is 5.32 Å². The largest absolute Gasteiger partial charge is 0.314 e. The van der Waals surface area contributed by atoms with Crippen molar-refractivity contribution < 1.29 is 9.63 Å². The van der Waals surface area contributed by atoms with Crippen molar-refractivity contribution >= 4 is 5.78 Å². The van der Waals surface area contributed by atoms with Crippen LogP contribution in [0.4, 0.5) is 0 Å². The Morgan fingerprint density at radius 2 is 2.00 bits per heavy atom. The van der Waals surface area contributed by atoms with E-state index in [1.807, 2.05) is 6.08 Å². The lowest BCUT2D eigenvalue weighted by Crippen LogP contribution is -2.55. The minimum absolute atomic E-state index is 0.146. The van der Waals surface area contributed by atoms with Gasteiger partial charge >= 0.3 is 0 Å². The Kier molecular flexibility index (Phi) is 4.43. The van der Waals surface area contributed by atoms with Gasteiger partial charge in [-0.3, -0.25) is 15.1 Å². The Morgan fingerprint density at radius 1 is 1.11 bits per heavy atom. The minimum Gasteiger partial charge on any atom is -0.314 e. The van der Waals surface area contributed by atoms with Crippen molar-refractivity contribution in [2.45, 2.75) is 77.7 Å². The maximum Gasteiger partial charge on any atom is 0.163 e. The fourth-order valence-electron chi connectivity index (χ4n) is 7.72. The first-order chi connectivity index (χ1) is 13.0. The number of ketones is 1. The third-order valence-electron chi connectivity index (χ3n) is 9.36. The van der Waals surface area contributed by atoms with Crippen LogP contribution in [-0.4, -0.2) is 25.0 Å². The van der Waals surface area contributed by atoms with E-state index >= 15 is 0 Å². The molecule has 0 aromatic rings. The molecule has 4 heteroatoms. The van der Waals surface area contributed by atoms with Crippen LogP contribution < -0.4 is 10.8 Å². The normalized spacial score (nSPS) is 49.2. The van der Waals surface area contributed by atoms with Gasteiger partial charge in [0.1, 0.15) is 0 Å². The fraction of sp³-hybridized carbons (Fsp3) is 0.870. The van der Waals surface area contributed by atoms with Gasteiger partial charge in [0.2, 0.25) is 0 Å². The Balaban J connectivity index is 1.34. The van der Waals surface area contributed by atoms with Crippen LogP contribution in [0.1, 0.15) is 71.6 Å². The molecule has 1 aliphatic heterocycles. The molecule has 3 saturated carbocycles. The van der Waals surface area contributed by atoms with Crippen LogP contribution in [0.25, 0.3) is 0 Å². The average molecular weight is 373 g/mol. The van der Waals surface area contributed by atoms with Gasteiger partial charge in [-0.05, 0) is 87.0 Å². The number of allylic oxidation sites excluding steroid dienone is 2. The second-order valence-electron chi connectivity index (χ2n) is 10.6. The molecule has 0 radical (unpaired) electrons. The van der Waals surface area contributed by atoms with Crippen LogP contribution in [0.3, 0.4) is 0 Å². The first-order valence-electron chi connectivity index (χ1n) is 11.4. The summed E-state index contributed by atoms with van der Waals surface area (Å²) in [4.78, 5) is 19.2. The van der Waals surface area contributed by atoms with Crippen LogP contribution in [0, 0.1) is 34.5 Å². The van der Waals surface area contributed by atoms with E-state index in [1.165, 1.54) is 44.9 Å². The van der Waals surface area contributed by atoms with E-state index in [1.54, 1.807) is 0 Å². The average Bonchev–Trinajstić information content (AvgIpc) is 3.30. The summed E-state index contributed by atoms with van der Waals surface area (Å²) in [7, 11) is 0. The zero-order chi connectivity index (χ0) is 18.6. The third-order valence-corrected chi connectivity index (χ3v) is 9.36. The van der Waals surface area contributed by atoms with Crippen LogP contribution in [-0.2, 0) is 9.63 Å². The molecule has 0 spiro atoms. The first kappa shape index (κ1) is 18.2. The second kappa shape index (κ2) is 6.59. The van der Waals surface area contributed by atoms with Crippen molar-refractivity contribution in [3.05, 3.63) is 11.8 Å². The topological polar surface area (TPSA) is 50.4 Å². The molecule has 27 heavy (non-hydrogen) atoms. The quantitative estimate of drug-likeness (QED) is 0.736. The molecule has 1 saturated heterocycles. The fourth-order valence-corrected chi connectivity index (χ4v) is 7.72. The summed E-state index contributed by atoms with van der Waals surface area (Å²) in [6.45, 7) is 6.77. The summed E-state index contributed by atoms with van der Waals surface area (Å²) >= 11 is 0. The van der Waals surface area contributed by atoms with Crippen molar-refractivity contribution in [2.75, 3.05) is 13.1 Å². The molecule has 4 nitrogen and oxygen atoms in total. The van der Waals surface area contributed by atoms with Crippen molar-refractivity contribution in [3.8, 4) is 0 Å². The van der Waals surface area contributed by atoms with Gasteiger partial charge in [0.15, 0.2) is 5.78 Å². The molecule has 5 rings (SSSR count). The van der Waals surface area contributed by atoms with Crippen molar-refractivity contribution in [1.29, 1.82) is 0 Å². The lowest BCUT2D eigenvalue weighted by atomic mass is 9.45. The van der Waals surface area contributed by atoms with Gasteiger partial charge in [-0.2, -0.15) is 0 Å². The zero-order valence-corrected chi connectivity index (χ0v) is 17.1. The van der Waals surface area contributed by atoms with Crippen molar-refractivity contribution in [3.63, 3.8) is 0 Å². The first-order valence-corrected chi connectivity index (χ1v) is 11.4. The van der Waals surface area contributed by atoms with Crippen LogP contribution >= 0.6 is 0 Å². The smallest absolute Gasteiger partial charge is 0.163 e. The van der Waals surface area contributed by atoms with Crippen molar-refractivity contribution in [2.24, 2.45) is 34.5 Å². The molecule has 2 N–H and O–H groups in total. The summed E-state index contributed by atoms with van der Waals surface area (Å²) in [5, 5.41) is 3.32. The Morgan fingerprint density at radius 3 is 2.81 bits per heavy atom. The minimum atomic E-state index is -0.146. The highest BCUT2D eigenvalue weighted by Crippen LogP contribution is 2.65. The summed E-state index contributed by atoms with van der Waals surface area (Å²) < 4.78 is 0. The highest BCUT2D eigenvalue weighted by molar-refractivity contribution is 5.96. The summed E-state index contributed by atoms with van der Waals surface area (Å²) in [6.07, 6.45) is 13.5. The lowest BCUT2D eigenvalue weighted by molar-refractivity contribution is -0.146. The number of nitrogens with one attached hydrogen (secondary N) is 2. The number of hydroxylamine groups is 1. The van der Waals surface area contributed by atoms with Crippen molar-refractivity contribution in [1.82, 2.24) is 10.8 Å². The Bertz CT molecular complexity index is 640. The van der Waals surface area contributed by atoms with E-state index in [0.717, 1.165) is 43.5 Å². The van der Waals surface area contributed by atoms with Gasteiger partial charge in [-0.15, -0.1) is 0 Å². The summed E-state index contributed by atoms with van der Waals surface area (Å²) in [5.74, 6) is 3.09. The zero-order valence-electron chi connectivity index (χ0n) is 17.1. The maximum absolute atomic E-state index is 13.4. The molecule has 150 valence electrons. The highest BCUT2D eigenvalue weighted by Gasteiger charge is 2.59. The Labute approximate surface area is 163 Å². The standard InChI is InChI=1S/C23H36N2O2/c1-22-9-3-4-19(22)18-6-5-15-12-16(25-27-17-8-11-24-14-17)13-21(26)23(15,2)20(18)7-10-22/h13,15,17-20,24-25H,3-12,14H2,1-2H3/t15?,17?,18?,19?,20?,22-,23-/m0/s1.